The Morgan fingerprint density at radius 1 is 0.690 bits per heavy atom. The van der Waals surface area contributed by atoms with Gasteiger partial charge in [-0.05, 0) is 0 Å². The zero-order chi connectivity index (χ0) is 31.7. The third kappa shape index (κ3) is 8.06. The lowest BCUT2D eigenvalue weighted by molar-refractivity contribution is -0.345. The number of aliphatic hydroxyl groups excluding tert-OH is 7. The van der Waals surface area contributed by atoms with Gasteiger partial charge in [0.2, 0.25) is 0 Å². The van der Waals surface area contributed by atoms with E-state index in [0.29, 0.717) is 0 Å². The number of aliphatic carboxylic acids is 1. The normalized spacial score (nSPS) is 43.4. The van der Waals surface area contributed by atoms with Gasteiger partial charge < -0.3 is 64.5 Å². The fourth-order valence-electron chi connectivity index (χ4n) is 4.61. The molecule has 0 unspecified atom stereocenters. The quantitative estimate of drug-likeness (QED) is 0.0865. The molecule has 0 amide bonds. The van der Waals surface area contributed by atoms with Crippen LogP contribution in [-0.2, 0) is 53.4 Å². The number of carboxylic acid groups (broad SMARTS) is 1. The fraction of sp³-hybridized carbons (Fsp3) is 0.944. The van der Waals surface area contributed by atoms with Crippen molar-refractivity contribution in [3.8, 4) is 0 Å². The van der Waals surface area contributed by atoms with Crippen LogP contribution in [0.3, 0.4) is 0 Å². The van der Waals surface area contributed by atoms with E-state index in [1.807, 2.05) is 0 Å². The molecular formula is C18H31NO21S2. The summed E-state index contributed by atoms with van der Waals surface area (Å²) in [5.41, 5.74) is 0. The second-order valence-electron chi connectivity index (χ2n) is 9.34. The Morgan fingerprint density at radius 2 is 1.24 bits per heavy atom. The largest absolute Gasteiger partial charge is 0.479 e. The minimum Gasteiger partial charge on any atom is -0.479 e. The van der Waals surface area contributed by atoms with Gasteiger partial charge in [0.15, 0.2) is 24.8 Å². The molecule has 0 aromatic heterocycles. The number of carboxylic acids is 1. The lowest BCUT2D eigenvalue weighted by Gasteiger charge is -2.47. The van der Waals surface area contributed by atoms with E-state index < -0.39 is 132 Å². The molecule has 0 spiro atoms. The maximum absolute atomic E-state index is 12.1. The molecule has 246 valence electrons. The topological polar surface area (TPSA) is 355 Å². The van der Waals surface area contributed by atoms with E-state index in [1.165, 1.54) is 4.72 Å². The first-order valence-electron chi connectivity index (χ1n) is 11.9. The summed E-state index contributed by atoms with van der Waals surface area (Å²) in [6, 6.07) is -2.14. The monoisotopic (exact) mass is 661 g/mol. The molecule has 0 saturated carbocycles. The minimum atomic E-state index is -5.50. The van der Waals surface area contributed by atoms with Gasteiger partial charge in [0.1, 0.15) is 61.0 Å². The van der Waals surface area contributed by atoms with Crippen molar-refractivity contribution in [3.63, 3.8) is 0 Å². The molecular weight excluding hydrogens is 630 g/mol. The second kappa shape index (κ2) is 13.8. The summed E-state index contributed by atoms with van der Waals surface area (Å²) < 4.78 is 96.7. The molecule has 14 atom stereocenters. The first-order chi connectivity index (χ1) is 19.4. The molecule has 3 saturated heterocycles. The van der Waals surface area contributed by atoms with Crippen molar-refractivity contribution in [1.82, 2.24) is 4.72 Å². The Bertz CT molecular complexity index is 1140. The molecule has 0 aromatic rings. The van der Waals surface area contributed by atoms with E-state index in [1.54, 1.807) is 0 Å². The predicted molar refractivity (Wildman–Crippen MR) is 124 cm³/mol. The van der Waals surface area contributed by atoms with Crippen LogP contribution >= 0.6 is 0 Å². The van der Waals surface area contributed by atoms with Gasteiger partial charge in [-0.15, -0.1) is 0 Å². The first-order valence-corrected chi connectivity index (χ1v) is 14.7. The number of ether oxygens (including phenoxy) is 5. The van der Waals surface area contributed by atoms with Crippen LogP contribution in [0.1, 0.15) is 0 Å². The molecule has 22 nitrogen and oxygen atoms in total. The highest BCUT2D eigenvalue weighted by atomic mass is 32.3. The van der Waals surface area contributed by atoms with Crippen molar-refractivity contribution >= 4 is 26.7 Å². The average Bonchev–Trinajstić information content (AvgIpc) is 3.19. The smallest absolute Gasteiger partial charge is 0.397 e. The van der Waals surface area contributed by atoms with Crippen LogP contribution in [0.2, 0.25) is 0 Å². The Kier molecular flexibility index (Phi) is 11.6. The summed E-state index contributed by atoms with van der Waals surface area (Å²) >= 11 is 0. The van der Waals surface area contributed by atoms with Crippen LogP contribution in [0.25, 0.3) is 0 Å². The van der Waals surface area contributed by atoms with Gasteiger partial charge in [0.05, 0.1) is 19.8 Å². The Morgan fingerprint density at radius 3 is 1.74 bits per heavy atom. The van der Waals surface area contributed by atoms with Gasteiger partial charge in [-0.2, -0.15) is 21.6 Å². The number of aliphatic hydroxyl groups is 7. The lowest BCUT2D eigenvalue weighted by atomic mass is 9.96. The molecule has 24 heteroatoms. The van der Waals surface area contributed by atoms with Crippen LogP contribution in [0.15, 0.2) is 0 Å². The molecule has 3 aliphatic heterocycles. The molecule has 0 aromatic carbocycles. The van der Waals surface area contributed by atoms with E-state index in [2.05, 4.69) is 4.18 Å². The zero-order valence-electron chi connectivity index (χ0n) is 21.0. The van der Waals surface area contributed by atoms with Crippen LogP contribution in [0.5, 0.6) is 0 Å². The van der Waals surface area contributed by atoms with Gasteiger partial charge in [0.25, 0.3) is 0 Å². The molecule has 0 aliphatic carbocycles. The number of nitrogens with one attached hydrogen (secondary N) is 1. The van der Waals surface area contributed by atoms with Crippen LogP contribution in [0.4, 0.5) is 0 Å². The fourth-order valence-corrected chi connectivity index (χ4v) is 5.69. The third-order valence-corrected chi connectivity index (χ3v) is 7.57. The standard InChI is InChI=1S/C18H31NO21S2/c20-1-4-8(23)10(25)7(19-41(29,30)31)17(36-4)38-13-11(26)14(40-42(32,33)34)18(39-15(13)16(27)28)37-12-6(3-22)35-5(2-21)9(12)24/h4-15,17-26H,1-3H2,(H,27,28)(H,29,30,31)(H,32,33,34)/t4-,5-,6-,7-,8-,9-,10-,11+,12-,13+,14-,15-,17-,18-/m1/s1. The number of hydrogen-bond donors (Lipinski definition) is 11. The van der Waals surface area contributed by atoms with E-state index in [-0.39, 0.29) is 0 Å². The van der Waals surface area contributed by atoms with E-state index in [0.717, 1.165) is 0 Å². The highest BCUT2D eigenvalue weighted by Crippen LogP contribution is 2.34. The van der Waals surface area contributed by atoms with Crippen molar-refractivity contribution < 1.29 is 99.5 Å². The first kappa shape index (κ1) is 35.2. The maximum atomic E-state index is 12.1. The van der Waals surface area contributed by atoms with Gasteiger partial charge in [-0.3, -0.25) is 9.11 Å². The van der Waals surface area contributed by atoms with Gasteiger partial charge >= 0.3 is 26.7 Å². The lowest BCUT2D eigenvalue weighted by Crippen LogP contribution is -2.68. The summed E-state index contributed by atoms with van der Waals surface area (Å²) in [5, 5.41) is 80.0. The Balaban J connectivity index is 1.97. The molecule has 3 heterocycles. The van der Waals surface area contributed by atoms with E-state index in [4.69, 9.17) is 23.7 Å². The van der Waals surface area contributed by atoms with Gasteiger partial charge in [0, 0.05) is 0 Å². The van der Waals surface area contributed by atoms with Gasteiger partial charge in [-0.1, -0.05) is 0 Å². The molecule has 0 bridgehead atoms. The van der Waals surface area contributed by atoms with E-state index >= 15 is 0 Å². The SMILES string of the molecule is O=C(O)[C@@H]1O[C@@H](O[C@H]2[C@H](O)[C@@H](CO)O[C@@H]2CO)[C@H](OS(=O)(=O)O)[C@@H](O)[C@@H]1O[C@H]1O[C@H](CO)[C@@H](O)[C@H](O)[C@H]1NS(=O)(=O)O. The third-order valence-electron chi connectivity index (χ3n) is 6.54. The Hall–Kier alpha value is -1.27. The highest BCUT2D eigenvalue weighted by molar-refractivity contribution is 7.83. The second-order valence-corrected chi connectivity index (χ2v) is 11.6. The van der Waals surface area contributed by atoms with Gasteiger partial charge in [-0.25, -0.2) is 8.98 Å². The molecule has 3 aliphatic rings. The highest BCUT2D eigenvalue weighted by Gasteiger charge is 2.57. The van der Waals surface area contributed by atoms with Crippen molar-refractivity contribution in [1.29, 1.82) is 0 Å². The summed E-state index contributed by atoms with van der Waals surface area (Å²) in [5.74, 6) is -1.94. The van der Waals surface area contributed by atoms with Crippen molar-refractivity contribution in [2.24, 2.45) is 0 Å². The van der Waals surface area contributed by atoms with Crippen molar-refractivity contribution in [3.05, 3.63) is 0 Å². The summed E-state index contributed by atoms with van der Waals surface area (Å²) in [6.07, 6.45) is -26.2. The van der Waals surface area contributed by atoms with Crippen molar-refractivity contribution in [2.45, 2.75) is 85.8 Å². The van der Waals surface area contributed by atoms with Crippen LogP contribution in [0, 0.1) is 0 Å². The van der Waals surface area contributed by atoms with Crippen LogP contribution in [-0.4, -0.2) is 178 Å². The Labute approximate surface area is 236 Å². The van der Waals surface area contributed by atoms with E-state index in [9.17, 15) is 71.6 Å². The average molecular weight is 662 g/mol. The number of rotatable bonds is 12. The molecule has 42 heavy (non-hydrogen) atoms. The maximum Gasteiger partial charge on any atom is 0.397 e. The predicted octanol–water partition coefficient (Wildman–Crippen LogP) is -7.57. The van der Waals surface area contributed by atoms with Crippen molar-refractivity contribution in [2.75, 3.05) is 19.8 Å². The number of hydrogen-bond acceptors (Lipinski definition) is 18. The molecule has 3 rings (SSSR count). The summed E-state index contributed by atoms with van der Waals surface area (Å²) in [6.45, 7) is -2.63. The zero-order valence-corrected chi connectivity index (χ0v) is 22.6. The molecule has 11 N–H and O–H groups in total. The minimum absolute atomic E-state index is 0.778. The summed E-state index contributed by atoms with van der Waals surface area (Å²) in [7, 11) is -10.7. The molecule has 3 fully saturated rings. The van der Waals surface area contributed by atoms with Crippen LogP contribution < -0.4 is 4.72 Å². The summed E-state index contributed by atoms with van der Waals surface area (Å²) in [4.78, 5) is 12.1. The number of carbonyl (C=O) groups is 1. The molecule has 0 radical (unpaired) electrons.